The van der Waals surface area contributed by atoms with Crippen LogP contribution in [0.2, 0.25) is 5.02 Å². The normalized spacial score (nSPS) is 13.0. The molecule has 0 saturated carbocycles. The highest BCUT2D eigenvalue weighted by molar-refractivity contribution is 6.31. The minimum Gasteiger partial charge on any atom is -0.384 e. The van der Waals surface area contributed by atoms with Gasteiger partial charge in [0.25, 0.3) is 0 Å². The van der Waals surface area contributed by atoms with Gasteiger partial charge in [-0.05, 0) is 35.2 Å². The molecular formula is C23H22ClNO2. The highest BCUT2D eigenvalue weighted by Gasteiger charge is 2.24. The fraction of sp³-hybridized carbons (Fsp3) is 0.174. The largest absolute Gasteiger partial charge is 0.384 e. The minimum atomic E-state index is -1.16. The Hall–Kier alpha value is -2.62. The van der Waals surface area contributed by atoms with Gasteiger partial charge < -0.3 is 10.4 Å². The zero-order chi connectivity index (χ0) is 19.3. The molecule has 0 aliphatic heterocycles. The molecule has 0 aliphatic carbocycles. The number of carbonyl (C=O) groups is 1. The number of rotatable bonds is 6. The molecule has 3 nitrogen and oxygen atoms in total. The maximum absolute atomic E-state index is 12.2. The second-order valence-electron chi connectivity index (χ2n) is 6.76. The fourth-order valence-electron chi connectivity index (χ4n) is 2.90. The lowest BCUT2D eigenvalue weighted by atomic mass is 9.93. The van der Waals surface area contributed by atoms with Gasteiger partial charge in [0.15, 0.2) is 0 Å². The minimum absolute atomic E-state index is 0.126. The molecule has 3 aromatic rings. The van der Waals surface area contributed by atoms with E-state index in [1.165, 1.54) is 0 Å². The van der Waals surface area contributed by atoms with Crippen molar-refractivity contribution < 1.29 is 9.90 Å². The molecule has 0 saturated heterocycles. The maximum atomic E-state index is 12.2. The standard InChI is InChI=1S/C23H22ClNO2/c1-23(27,16-25-22(26)15-19-9-5-6-10-21(19)24)20-13-11-18(12-14-20)17-7-3-2-4-8-17/h2-14,27H,15-16H2,1H3,(H,25,26)/t23-/m0/s1. The van der Waals surface area contributed by atoms with Crippen molar-refractivity contribution in [2.45, 2.75) is 18.9 Å². The Labute approximate surface area is 164 Å². The van der Waals surface area contributed by atoms with Crippen molar-refractivity contribution in [1.29, 1.82) is 0 Å². The van der Waals surface area contributed by atoms with E-state index < -0.39 is 5.60 Å². The summed E-state index contributed by atoms with van der Waals surface area (Å²) in [6, 6.07) is 25.0. The second-order valence-corrected chi connectivity index (χ2v) is 7.17. The van der Waals surface area contributed by atoms with Crippen molar-refractivity contribution >= 4 is 17.5 Å². The van der Waals surface area contributed by atoms with Crippen LogP contribution < -0.4 is 5.32 Å². The van der Waals surface area contributed by atoms with Gasteiger partial charge in [0.1, 0.15) is 5.60 Å². The lowest BCUT2D eigenvalue weighted by Gasteiger charge is -2.24. The molecule has 3 aromatic carbocycles. The van der Waals surface area contributed by atoms with E-state index in [1.807, 2.05) is 72.8 Å². The molecule has 0 aliphatic rings. The van der Waals surface area contributed by atoms with E-state index in [0.29, 0.717) is 5.02 Å². The third-order valence-electron chi connectivity index (χ3n) is 4.55. The van der Waals surface area contributed by atoms with Gasteiger partial charge >= 0.3 is 0 Å². The Kier molecular flexibility index (Phi) is 5.94. The summed E-state index contributed by atoms with van der Waals surface area (Å²) in [4.78, 5) is 12.2. The summed E-state index contributed by atoms with van der Waals surface area (Å²) in [7, 11) is 0. The number of carbonyl (C=O) groups excluding carboxylic acids is 1. The molecule has 3 rings (SSSR count). The molecule has 4 heteroatoms. The first-order valence-corrected chi connectivity index (χ1v) is 9.22. The average molecular weight is 380 g/mol. The molecule has 0 unspecified atom stereocenters. The molecule has 1 amide bonds. The van der Waals surface area contributed by atoms with E-state index in [9.17, 15) is 9.90 Å². The first-order chi connectivity index (χ1) is 13.0. The van der Waals surface area contributed by atoms with Gasteiger partial charge in [-0.2, -0.15) is 0 Å². The summed E-state index contributed by atoms with van der Waals surface area (Å²) >= 11 is 6.09. The molecule has 1 atom stereocenters. The van der Waals surface area contributed by atoms with Crippen molar-refractivity contribution in [3.05, 3.63) is 95.0 Å². The number of hydrogen-bond acceptors (Lipinski definition) is 2. The fourth-order valence-corrected chi connectivity index (χ4v) is 3.10. The highest BCUT2D eigenvalue weighted by Crippen LogP contribution is 2.25. The smallest absolute Gasteiger partial charge is 0.224 e. The van der Waals surface area contributed by atoms with E-state index in [1.54, 1.807) is 13.0 Å². The van der Waals surface area contributed by atoms with E-state index in [4.69, 9.17) is 11.6 Å². The monoisotopic (exact) mass is 379 g/mol. The van der Waals surface area contributed by atoms with Crippen molar-refractivity contribution in [1.82, 2.24) is 5.32 Å². The van der Waals surface area contributed by atoms with Crippen LogP contribution in [0.4, 0.5) is 0 Å². The molecule has 27 heavy (non-hydrogen) atoms. The van der Waals surface area contributed by atoms with Gasteiger partial charge in [-0.25, -0.2) is 0 Å². The van der Waals surface area contributed by atoms with Crippen LogP contribution in [0.3, 0.4) is 0 Å². The van der Waals surface area contributed by atoms with E-state index in [2.05, 4.69) is 5.32 Å². The van der Waals surface area contributed by atoms with Crippen LogP contribution in [0.25, 0.3) is 11.1 Å². The Balaban J connectivity index is 1.62. The number of amides is 1. The number of aliphatic hydroxyl groups is 1. The molecule has 2 N–H and O–H groups in total. The zero-order valence-electron chi connectivity index (χ0n) is 15.2. The molecule has 0 heterocycles. The van der Waals surface area contributed by atoms with Crippen LogP contribution >= 0.6 is 11.6 Å². The Bertz CT molecular complexity index is 905. The lowest BCUT2D eigenvalue weighted by Crippen LogP contribution is -2.39. The van der Waals surface area contributed by atoms with Gasteiger partial charge in [0, 0.05) is 5.02 Å². The summed E-state index contributed by atoms with van der Waals surface area (Å²) in [6.45, 7) is 1.82. The Morgan fingerprint density at radius 3 is 2.19 bits per heavy atom. The number of benzene rings is 3. The van der Waals surface area contributed by atoms with Gasteiger partial charge in [-0.3, -0.25) is 4.79 Å². The molecule has 0 spiro atoms. The van der Waals surface area contributed by atoms with Crippen molar-refractivity contribution in [2.75, 3.05) is 6.54 Å². The van der Waals surface area contributed by atoms with Gasteiger partial charge in [-0.15, -0.1) is 0 Å². The molecule has 138 valence electrons. The predicted octanol–water partition coefficient (Wildman–Crippen LogP) is 4.57. The first kappa shape index (κ1) is 19.2. The van der Waals surface area contributed by atoms with Crippen LogP contribution in [0.1, 0.15) is 18.1 Å². The first-order valence-electron chi connectivity index (χ1n) is 8.84. The summed E-state index contributed by atoms with van der Waals surface area (Å²) in [5.41, 5.74) is 2.56. The third kappa shape index (κ3) is 4.97. The summed E-state index contributed by atoms with van der Waals surface area (Å²) in [5, 5.41) is 14.1. The van der Waals surface area contributed by atoms with Crippen LogP contribution in [0.15, 0.2) is 78.9 Å². The summed E-state index contributed by atoms with van der Waals surface area (Å²) in [6.07, 6.45) is 0.183. The maximum Gasteiger partial charge on any atom is 0.224 e. The topological polar surface area (TPSA) is 49.3 Å². The molecule has 0 aromatic heterocycles. The number of halogens is 1. The average Bonchev–Trinajstić information content (AvgIpc) is 2.69. The van der Waals surface area contributed by atoms with Gasteiger partial charge in [0.05, 0.1) is 13.0 Å². The Morgan fingerprint density at radius 1 is 0.926 bits per heavy atom. The SMILES string of the molecule is C[C@](O)(CNC(=O)Cc1ccccc1Cl)c1ccc(-c2ccccc2)cc1. The Morgan fingerprint density at radius 2 is 1.52 bits per heavy atom. The van der Waals surface area contributed by atoms with E-state index in [-0.39, 0.29) is 18.9 Å². The highest BCUT2D eigenvalue weighted by atomic mass is 35.5. The van der Waals surface area contributed by atoms with Crippen LogP contribution in [0.5, 0.6) is 0 Å². The summed E-state index contributed by atoms with van der Waals surface area (Å²) in [5.74, 6) is -0.177. The molecule has 0 fully saturated rings. The quantitative estimate of drug-likeness (QED) is 0.659. The van der Waals surface area contributed by atoms with Crippen LogP contribution in [-0.4, -0.2) is 17.6 Å². The summed E-state index contributed by atoms with van der Waals surface area (Å²) < 4.78 is 0. The zero-order valence-corrected chi connectivity index (χ0v) is 15.9. The van der Waals surface area contributed by atoms with Crippen LogP contribution in [0, 0.1) is 0 Å². The number of nitrogens with one attached hydrogen (secondary N) is 1. The molecule has 0 bridgehead atoms. The lowest BCUT2D eigenvalue weighted by molar-refractivity contribution is -0.121. The van der Waals surface area contributed by atoms with Crippen LogP contribution in [-0.2, 0) is 16.8 Å². The molecule has 0 radical (unpaired) electrons. The van der Waals surface area contributed by atoms with Gasteiger partial charge in [-0.1, -0.05) is 84.4 Å². The second kappa shape index (κ2) is 8.38. The van der Waals surface area contributed by atoms with Crippen molar-refractivity contribution in [3.8, 4) is 11.1 Å². The van der Waals surface area contributed by atoms with Crippen molar-refractivity contribution in [3.63, 3.8) is 0 Å². The molecular weight excluding hydrogens is 358 g/mol. The van der Waals surface area contributed by atoms with Crippen molar-refractivity contribution in [2.24, 2.45) is 0 Å². The van der Waals surface area contributed by atoms with Gasteiger partial charge in [0.2, 0.25) is 5.91 Å². The number of hydrogen-bond donors (Lipinski definition) is 2. The van der Waals surface area contributed by atoms with E-state index >= 15 is 0 Å². The van der Waals surface area contributed by atoms with E-state index in [0.717, 1.165) is 22.3 Å². The third-order valence-corrected chi connectivity index (χ3v) is 4.92. The predicted molar refractivity (Wildman–Crippen MR) is 110 cm³/mol.